The number of sulfonamides is 1. The van der Waals surface area contributed by atoms with Crippen molar-refractivity contribution >= 4 is 26.9 Å². The quantitative estimate of drug-likeness (QED) is 0.857. The Bertz CT molecular complexity index is 901. The van der Waals surface area contributed by atoms with E-state index in [0.29, 0.717) is 23.9 Å². The third-order valence-corrected chi connectivity index (χ3v) is 6.64. The van der Waals surface area contributed by atoms with E-state index in [4.69, 9.17) is 4.42 Å². The van der Waals surface area contributed by atoms with Crippen LogP contribution in [0.25, 0.3) is 11.0 Å². The average Bonchev–Trinajstić information content (AvgIpc) is 3.05. The van der Waals surface area contributed by atoms with E-state index < -0.39 is 10.0 Å². The Hall–Kier alpha value is -1.90. The fraction of sp³-hybridized carbons (Fsp3) is 0.500. The van der Waals surface area contributed by atoms with E-state index in [2.05, 4.69) is 0 Å². The average molecular weight is 380 g/mol. The van der Waals surface area contributed by atoms with Gasteiger partial charge >= 0.3 is 0 Å². The molecule has 1 amide bonds. The predicted molar refractivity (Wildman–Crippen MR) is 97.5 cm³/mol. The van der Waals surface area contributed by atoms with Crippen LogP contribution in [0.2, 0.25) is 0 Å². The first-order valence-electron chi connectivity index (χ1n) is 8.72. The number of hydrogen-bond acceptors (Lipinski definition) is 5. The maximum absolute atomic E-state index is 12.9. The molecule has 8 heteroatoms. The van der Waals surface area contributed by atoms with Crippen molar-refractivity contribution in [2.45, 2.75) is 36.6 Å². The highest BCUT2D eigenvalue weighted by atomic mass is 32.2. The number of nitrogens with zero attached hydrogens (tertiary/aromatic N) is 2. The van der Waals surface area contributed by atoms with Crippen LogP contribution in [0, 0.1) is 0 Å². The van der Waals surface area contributed by atoms with Gasteiger partial charge in [-0.3, -0.25) is 4.79 Å². The summed E-state index contributed by atoms with van der Waals surface area (Å²) in [7, 11) is -0.600. The fourth-order valence-electron chi connectivity index (χ4n) is 3.36. The molecule has 0 saturated carbocycles. The van der Waals surface area contributed by atoms with Gasteiger partial charge in [0.2, 0.25) is 10.0 Å². The molecular formula is C18H24N2O5S. The van der Waals surface area contributed by atoms with Crippen LogP contribution in [0.1, 0.15) is 36.2 Å². The third kappa shape index (κ3) is 3.49. The standard InChI is InChI=1S/C18H24N2O5S/c1-19(2)26(23,24)15-6-7-16-13(11-15)12-17(25-16)18(22)20-9-4-3-5-14(20)8-10-21/h6-7,11-12,14,21H,3-5,8-10H2,1-2H3. The lowest BCUT2D eigenvalue weighted by Crippen LogP contribution is -2.44. The summed E-state index contributed by atoms with van der Waals surface area (Å²) in [5, 5.41) is 9.81. The minimum Gasteiger partial charge on any atom is -0.451 e. The summed E-state index contributed by atoms with van der Waals surface area (Å²) in [6.45, 7) is 0.682. The second-order valence-electron chi connectivity index (χ2n) is 6.76. The molecule has 0 radical (unpaired) electrons. The molecule has 0 spiro atoms. The van der Waals surface area contributed by atoms with Gasteiger partial charge in [0.05, 0.1) is 4.90 Å². The van der Waals surface area contributed by atoms with Gasteiger partial charge in [0.1, 0.15) is 5.58 Å². The largest absolute Gasteiger partial charge is 0.451 e. The van der Waals surface area contributed by atoms with Gasteiger partial charge in [-0.05, 0) is 49.9 Å². The molecule has 2 heterocycles. The highest BCUT2D eigenvalue weighted by Gasteiger charge is 2.29. The highest BCUT2D eigenvalue weighted by Crippen LogP contribution is 2.27. The lowest BCUT2D eigenvalue weighted by molar-refractivity contribution is 0.0545. The molecule has 1 saturated heterocycles. The number of piperidine rings is 1. The zero-order chi connectivity index (χ0) is 18.9. The molecule has 3 rings (SSSR count). The number of benzene rings is 1. The number of fused-ring (bicyclic) bond motifs is 1. The lowest BCUT2D eigenvalue weighted by atomic mass is 9.99. The smallest absolute Gasteiger partial charge is 0.289 e. The monoisotopic (exact) mass is 380 g/mol. The summed E-state index contributed by atoms with van der Waals surface area (Å²) >= 11 is 0. The zero-order valence-electron chi connectivity index (χ0n) is 15.0. The Morgan fingerprint density at radius 2 is 2.08 bits per heavy atom. The third-order valence-electron chi connectivity index (χ3n) is 4.83. The summed E-state index contributed by atoms with van der Waals surface area (Å²) in [6.07, 6.45) is 3.40. The van der Waals surface area contributed by atoms with Gasteiger partial charge in [-0.2, -0.15) is 0 Å². The number of hydrogen-bond donors (Lipinski definition) is 1. The Kier molecular flexibility index (Phi) is 5.36. The summed E-state index contributed by atoms with van der Waals surface area (Å²) in [5.74, 6) is -0.0133. The molecule has 1 aliphatic heterocycles. The van der Waals surface area contributed by atoms with Gasteiger partial charge in [-0.15, -0.1) is 0 Å². The minimum atomic E-state index is -3.55. The summed E-state index contributed by atoms with van der Waals surface area (Å²) < 4.78 is 31.4. The van der Waals surface area contributed by atoms with Crippen molar-refractivity contribution in [2.75, 3.05) is 27.2 Å². The second kappa shape index (κ2) is 7.38. The number of rotatable bonds is 5. The number of carbonyl (C=O) groups excluding carboxylic acids is 1. The number of aliphatic hydroxyl groups excluding tert-OH is 1. The molecule has 1 fully saturated rings. The minimum absolute atomic E-state index is 0.0131. The Labute approximate surface area is 153 Å². The molecule has 7 nitrogen and oxygen atoms in total. The van der Waals surface area contributed by atoms with Crippen LogP contribution in [0.3, 0.4) is 0 Å². The molecule has 1 aromatic heterocycles. The number of aliphatic hydroxyl groups is 1. The zero-order valence-corrected chi connectivity index (χ0v) is 15.8. The molecule has 1 unspecified atom stereocenters. The molecule has 1 N–H and O–H groups in total. The van der Waals surface area contributed by atoms with Gasteiger partial charge in [0.25, 0.3) is 5.91 Å². The van der Waals surface area contributed by atoms with Crippen LogP contribution in [0.4, 0.5) is 0 Å². The lowest BCUT2D eigenvalue weighted by Gasteiger charge is -2.34. The van der Waals surface area contributed by atoms with Gasteiger partial charge in [-0.25, -0.2) is 12.7 Å². The van der Waals surface area contributed by atoms with Gasteiger partial charge < -0.3 is 14.4 Å². The number of likely N-dealkylation sites (tertiary alicyclic amines) is 1. The Morgan fingerprint density at radius 1 is 1.31 bits per heavy atom. The highest BCUT2D eigenvalue weighted by molar-refractivity contribution is 7.89. The van der Waals surface area contributed by atoms with E-state index in [9.17, 15) is 18.3 Å². The van der Waals surface area contributed by atoms with Crippen molar-refractivity contribution in [2.24, 2.45) is 0 Å². The van der Waals surface area contributed by atoms with Crippen LogP contribution < -0.4 is 0 Å². The molecule has 0 aliphatic carbocycles. The van der Waals surface area contributed by atoms with Crippen molar-refractivity contribution in [1.82, 2.24) is 9.21 Å². The second-order valence-corrected chi connectivity index (χ2v) is 8.91. The van der Waals surface area contributed by atoms with E-state index in [1.54, 1.807) is 17.0 Å². The van der Waals surface area contributed by atoms with E-state index in [0.717, 1.165) is 23.6 Å². The molecule has 1 aromatic carbocycles. The maximum atomic E-state index is 12.9. The fourth-order valence-corrected chi connectivity index (χ4v) is 4.29. The Balaban J connectivity index is 1.92. The number of carbonyl (C=O) groups is 1. The van der Waals surface area contributed by atoms with Crippen molar-refractivity contribution in [3.05, 3.63) is 30.0 Å². The van der Waals surface area contributed by atoms with E-state index in [1.165, 1.54) is 26.2 Å². The first kappa shape index (κ1) is 18.9. The van der Waals surface area contributed by atoms with Crippen molar-refractivity contribution < 1.29 is 22.7 Å². The van der Waals surface area contributed by atoms with E-state index >= 15 is 0 Å². The molecule has 0 bridgehead atoms. The van der Waals surface area contributed by atoms with E-state index in [1.807, 2.05) is 0 Å². The number of furan rings is 1. The van der Waals surface area contributed by atoms with Crippen molar-refractivity contribution in [3.63, 3.8) is 0 Å². The van der Waals surface area contributed by atoms with Crippen molar-refractivity contribution in [1.29, 1.82) is 0 Å². The SMILES string of the molecule is CN(C)S(=O)(=O)c1ccc2oc(C(=O)N3CCCCC3CCO)cc2c1. The van der Waals surface area contributed by atoms with Crippen LogP contribution in [-0.4, -0.2) is 61.9 Å². The topological polar surface area (TPSA) is 91.1 Å². The normalized spacial score (nSPS) is 18.6. The number of amides is 1. The van der Waals surface area contributed by atoms with Crippen LogP contribution in [-0.2, 0) is 10.0 Å². The molecule has 1 atom stereocenters. The molecule has 1 aliphatic rings. The van der Waals surface area contributed by atoms with Crippen molar-refractivity contribution in [3.8, 4) is 0 Å². The first-order valence-corrected chi connectivity index (χ1v) is 10.2. The van der Waals surface area contributed by atoms with Crippen LogP contribution in [0.15, 0.2) is 33.6 Å². The Morgan fingerprint density at radius 3 is 2.77 bits per heavy atom. The van der Waals surface area contributed by atoms with Crippen LogP contribution in [0.5, 0.6) is 0 Å². The maximum Gasteiger partial charge on any atom is 0.289 e. The van der Waals surface area contributed by atoms with Gasteiger partial charge in [-0.1, -0.05) is 0 Å². The molecule has 2 aromatic rings. The summed E-state index contributed by atoms with van der Waals surface area (Å²) in [4.78, 5) is 14.8. The molecular weight excluding hydrogens is 356 g/mol. The molecule has 142 valence electrons. The van der Waals surface area contributed by atoms with Crippen LogP contribution >= 0.6 is 0 Å². The van der Waals surface area contributed by atoms with Gasteiger partial charge in [0.15, 0.2) is 5.76 Å². The summed E-state index contributed by atoms with van der Waals surface area (Å²) in [6, 6.07) is 6.18. The summed E-state index contributed by atoms with van der Waals surface area (Å²) in [5.41, 5.74) is 0.474. The first-order chi connectivity index (χ1) is 12.3. The molecule has 26 heavy (non-hydrogen) atoms. The predicted octanol–water partition coefficient (Wildman–Crippen LogP) is 2.06. The van der Waals surface area contributed by atoms with Gasteiger partial charge in [0, 0.05) is 38.7 Å². The van der Waals surface area contributed by atoms with E-state index in [-0.39, 0.29) is 29.2 Å².